The van der Waals surface area contributed by atoms with Crippen molar-refractivity contribution in [2.75, 3.05) is 6.54 Å². The minimum absolute atomic E-state index is 0.280. The highest BCUT2D eigenvalue weighted by molar-refractivity contribution is 5.77. The van der Waals surface area contributed by atoms with E-state index in [1.807, 2.05) is 23.1 Å². The van der Waals surface area contributed by atoms with Gasteiger partial charge in [-0.05, 0) is 38.3 Å². The Labute approximate surface area is 122 Å². The van der Waals surface area contributed by atoms with E-state index < -0.39 is 0 Å². The summed E-state index contributed by atoms with van der Waals surface area (Å²) in [6, 6.07) is 10.9. The van der Waals surface area contributed by atoms with Crippen molar-refractivity contribution in [3.63, 3.8) is 0 Å². The largest absolute Gasteiger partial charge is 0.336 e. The van der Waals surface area contributed by atoms with Gasteiger partial charge in [0.1, 0.15) is 0 Å². The Morgan fingerprint density at radius 3 is 2.75 bits per heavy atom. The van der Waals surface area contributed by atoms with E-state index in [9.17, 15) is 4.79 Å². The molecule has 1 fully saturated rings. The number of nitrogens with zero attached hydrogens (tertiary/aromatic N) is 1. The number of carbonyl (C=O) groups is 1. The van der Waals surface area contributed by atoms with Gasteiger partial charge in [-0.3, -0.25) is 4.79 Å². The molecule has 1 amide bonds. The number of hydrogen-bond acceptors (Lipinski definition) is 2. The molecule has 3 heteroatoms. The highest BCUT2D eigenvalue weighted by Crippen LogP contribution is 2.16. The molecular weight excluding hydrogens is 248 g/mol. The summed E-state index contributed by atoms with van der Waals surface area (Å²) in [5, 5.41) is 3.42. The fraction of sp³-hybridized carbons (Fsp3) is 0.588. The van der Waals surface area contributed by atoms with Gasteiger partial charge >= 0.3 is 0 Å². The van der Waals surface area contributed by atoms with Crippen LogP contribution in [0.15, 0.2) is 30.3 Å². The van der Waals surface area contributed by atoms with Crippen molar-refractivity contribution in [3.8, 4) is 0 Å². The fourth-order valence-corrected chi connectivity index (χ4v) is 2.75. The lowest BCUT2D eigenvalue weighted by Crippen LogP contribution is -2.40. The van der Waals surface area contributed by atoms with Crippen molar-refractivity contribution >= 4 is 5.91 Å². The van der Waals surface area contributed by atoms with Crippen LogP contribution in [-0.4, -0.2) is 29.4 Å². The molecule has 1 aliphatic rings. The van der Waals surface area contributed by atoms with Crippen molar-refractivity contribution in [2.24, 2.45) is 0 Å². The normalized spacial score (nSPS) is 19.8. The molecule has 1 aromatic carbocycles. The van der Waals surface area contributed by atoms with E-state index >= 15 is 0 Å². The van der Waals surface area contributed by atoms with Gasteiger partial charge in [0, 0.05) is 25.0 Å². The molecule has 1 aliphatic heterocycles. The van der Waals surface area contributed by atoms with Crippen LogP contribution in [0, 0.1) is 0 Å². The van der Waals surface area contributed by atoms with E-state index in [0.717, 1.165) is 25.9 Å². The molecule has 0 aromatic heterocycles. The number of nitrogens with one attached hydrogen (secondary N) is 1. The molecule has 20 heavy (non-hydrogen) atoms. The van der Waals surface area contributed by atoms with Gasteiger partial charge in [-0.1, -0.05) is 37.3 Å². The zero-order chi connectivity index (χ0) is 14.4. The number of benzene rings is 1. The Bertz CT molecular complexity index is 412. The summed E-state index contributed by atoms with van der Waals surface area (Å²) in [6.07, 6.45) is 3.96. The topological polar surface area (TPSA) is 32.3 Å². The Morgan fingerprint density at radius 1 is 1.40 bits per heavy atom. The highest BCUT2D eigenvalue weighted by atomic mass is 16.2. The van der Waals surface area contributed by atoms with E-state index in [1.165, 1.54) is 12.0 Å². The third kappa shape index (κ3) is 4.07. The van der Waals surface area contributed by atoms with Crippen LogP contribution in [0.1, 0.15) is 45.1 Å². The molecule has 2 atom stereocenters. The lowest BCUT2D eigenvalue weighted by atomic mass is 10.1. The molecule has 0 spiro atoms. The second kappa shape index (κ2) is 7.44. The van der Waals surface area contributed by atoms with E-state index in [-0.39, 0.29) is 5.91 Å². The monoisotopic (exact) mass is 274 g/mol. The first-order chi connectivity index (χ1) is 9.70. The summed E-state index contributed by atoms with van der Waals surface area (Å²) in [7, 11) is 0. The summed E-state index contributed by atoms with van der Waals surface area (Å²) in [4.78, 5) is 14.6. The minimum Gasteiger partial charge on any atom is -0.336 e. The van der Waals surface area contributed by atoms with Gasteiger partial charge in [-0.15, -0.1) is 0 Å². The molecule has 2 unspecified atom stereocenters. The quantitative estimate of drug-likeness (QED) is 0.865. The maximum Gasteiger partial charge on any atom is 0.224 e. The third-order valence-corrected chi connectivity index (χ3v) is 4.22. The van der Waals surface area contributed by atoms with Gasteiger partial charge in [0.05, 0.1) is 0 Å². The summed E-state index contributed by atoms with van der Waals surface area (Å²) >= 11 is 0. The molecule has 1 aromatic rings. The zero-order valence-corrected chi connectivity index (χ0v) is 12.6. The average molecular weight is 274 g/mol. The molecule has 0 saturated carbocycles. The maximum atomic E-state index is 12.6. The molecule has 1 heterocycles. The molecule has 110 valence electrons. The Morgan fingerprint density at radius 2 is 2.15 bits per heavy atom. The molecular formula is C17H26N2O. The van der Waals surface area contributed by atoms with Gasteiger partial charge in [0.15, 0.2) is 0 Å². The van der Waals surface area contributed by atoms with E-state index in [1.54, 1.807) is 0 Å². The molecule has 0 bridgehead atoms. The second-order valence-corrected chi connectivity index (χ2v) is 5.76. The van der Waals surface area contributed by atoms with Crippen LogP contribution in [-0.2, 0) is 11.3 Å². The molecule has 3 nitrogen and oxygen atoms in total. The lowest BCUT2D eigenvalue weighted by Gasteiger charge is -2.30. The Hall–Kier alpha value is -1.35. The average Bonchev–Trinajstić information content (AvgIpc) is 2.98. The van der Waals surface area contributed by atoms with Crippen molar-refractivity contribution in [1.29, 1.82) is 0 Å². The highest BCUT2D eigenvalue weighted by Gasteiger charge is 2.24. The van der Waals surface area contributed by atoms with Crippen LogP contribution >= 0.6 is 0 Å². The molecule has 1 saturated heterocycles. The van der Waals surface area contributed by atoms with Crippen LogP contribution in [0.4, 0.5) is 0 Å². The van der Waals surface area contributed by atoms with Crippen LogP contribution in [0.2, 0.25) is 0 Å². The standard InChI is InChI=1S/C17H26N2O/c1-3-14(2)19(13-15-8-5-4-6-9-15)17(20)12-16-10-7-11-18-16/h4-6,8-9,14,16,18H,3,7,10-13H2,1-2H3. The maximum absolute atomic E-state index is 12.6. The Balaban J connectivity index is 2.00. The molecule has 1 N–H and O–H groups in total. The van der Waals surface area contributed by atoms with Crippen LogP contribution in [0.5, 0.6) is 0 Å². The number of hydrogen-bond donors (Lipinski definition) is 1. The SMILES string of the molecule is CCC(C)N(Cc1ccccc1)C(=O)CC1CCCN1. The van der Waals surface area contributed by atoms with Crippen molar-refractivity contribution in [3.05, 3.63) is 35.9 Å². The summed E-state index contributed by atoms with van der Waals surface area (Å²) in [6.45, 7) is 6.06. The van der Waals surface area contributed by atoms with Gasteiger partial charge in [-0.2, -0.15) is 0 Å². The number of amides is 1. The Kier molecular flexibility index (Phi) is 5.60. The summed E-state index contributed by atoms with van der Waals surface area (Å²) in [5.74, 6) is 0.280. The fourth-order valence-electron chi connectivity index (χ4n) is 2.75. The minimum atomic E-state index is 0.280. The molecule has 2 rings (SSSR count). The lowest BCUT2D eigenvalue weighted by molar-refractivity contribution is -0.134. The van der Waals surface area contributed by atoms with Gasteiger partial charge in [-0.25, -0.2) is 0 Å². The van der Waals surface area contributed by atoms with Gasteiger partial charge in [0.25, 0.3) is 0 Å². The first kappa shape index (κ1) is 15.0. The summed E-state index contributed by atoms with van der Waals surface area (Å²) < 4.78 is 0. The van der Waals surface area contributed by atoms with Crippen molar-refractivity contribution in [2.45, 2.75) is 58.2 Å². The third-order valence-electron chi connectivity index (χ3n) is 4.22. The molecule has 0 aliphatic carbocycles. The van der Waals surface area contributed by atoms with Gasteiger partial charge < -0.3 is 10.2 Å². The molecule has 0 radical (unpaired) electrons. The van der Waals surface area contributed by atoms with Crippen molar-refractivity contribution in [1.82, 2.24) is 10.2 Å². The van der Waals surface area contributed by atoms with Crippen LogP contribution in [0.25, 0.3) is 0 Å². The van der Waals surface area contributed by atoms with E-state index in [0.29, 0.717) is 18.5 Å². The van der Waals surface area contributed by atoms with Gasteiger partial charge in [0.2, 0.25) is 5.91 Å². The first-order valence-corrected chi connectivity index (χ1v) is 7.77. The van der Waals surface area contributed by atoms with E-state index in [4.69, 9.17) is 0 Å². The van der Waals surface area contributed by atoms with Crippen LogP contribution < -0.4 is 5.32 Å². The predicted octanol–water partition coefficient (Wildman–Crippen LogP) is 2.96. The second-order valence-electron chi connectivity index (χ2n) is 5.76. The van der Waals surface area contributed by atoms with E-state index in [2.05, 4.69) is 31.3 Å². The number of carbonyl (C=O) groups excluding carboxylic acids is 1. The first-order valence-electron chi connectivity index (χ1n) is 7.77. The number of rotatable bonds is 6. The van der Waals surface area contributed by atoms with Crippen LogP contribution in [0.3, 0.4) is 0 Å². The predicted molar refractivity (Wildman–Crippen MR) is 82.4 cm³/mol. The summed E-state index contributed by atoms with van der Waals surface area (Å²) in [5.41, 5.74) is 1.21. The smallest absolute Gasteiger partial charge is 0.224 e. The zero-order valence-electron chi connectivity index (χ0n) is 12.6. The van der Waals surface area contributed by atoms with Crippen molar-refractivity contribution < 1.29 is 4.79 Å².